The SMILES string of the molecule is CC1CC(C)CN(C(=O)C2CCN(CC(=O)Nc3ccccc3Cl)CC2)C1. The molecule has 1 aromatic rings. The van der Waals surface area contributed by atoms with Crippen molar-refractivity contribution in [1.29, 1.82) is 0 Å². The molecule has 5 nitrogen and oxygen atoms in total. The van der Waals surface area contributed by atoms with Gasteiger partial charge in [0, 0.05) is 19.0 Å². The average molecular weight is 392 g/mol. The van der Waals surface area contributed by atoms with E-state index in [-0.39, 0.29) is 11.8 Å². The van der Waals surface area contributed by atoms with Crippen molar-refractivity contribution < 1.29 is 9.59 Å². The molecule has 2 fully saturated rings. The largest absolute Gasteiger partial charge is 0.342 e. The number of halogens is 1. The Bertz CT molecular complexity index is 663. The number of nitrogens with zero attached hydrogens (tertiary/aromatic N) is 2. The number of para-hydroxylation sites is 1. The Labute approximate surface area is 167 Å². The van der Waals surface area contributed by atoms with Gasteiger partial charge in [0.15, 0.2) is 0 Å². The number of anilines is 1. The van der Waals surface area contributed by atoms with Crippen molar-refractivity contribution in [3.8, 4) is 0 Å². The van der Waals surface area contributed by atoms with Crippen LogP contribution in [0.25, 0.3) is 0 Å². The zero-order chi connectivity index (χ0) is 19.4. The highest BCUT2D eigenvalue weighted by molar-refractivity contribution is 6.33. The lowest BCUT2D eigenvalue weighted by Gasteiger charge is -2.39. The summed E-state index contributed by atoms with van der Waals surface area (Å²) in [7, 11) is 0. The van der Waals surface area contributed by atoms with Crippen LogP contribution in [0.15, 0.2) is 24.3 Å². The summed E-state index contributed by atoms with van der Waals surface area (Å²) >= 11 is 6.09. The highest BCUT2D eigenvalue weighted by atomic mass is 35.5. The fraction of sp³-hybridized carbons (Fsp3) is 0.619. The molecule has 0 spiro atoms. The third-order valence-electron chi connectivity index (χ3n) is 5.63. The number of hydrogen-bond acceptors (Lipinski definition) is 3. The first-order chi connectivity index (χ1) is 12.9. The molecule has 0 saturated carbocycles. The average Bonchev–Trinajstić information content (AvgIpc) is 2.63. The monoisotopic (exact) mass is 391 g/mol. The van der Waals surface area contributed by atoms with Crippen LogP contribution in [0, 0.1) is 17.8 Å². The van der Waals surface area contributed by atoms with Crippen molar-refractivity contribution in [1.82, 2.24) is 9.80 Å². The Kier molecular flexibility index (Phi) is 6.77. The first-order valence-corrected chi connectivity index (χ1v) is 10.4. The molecule has 3 rings (SSSR count). The molecule has 0 aromatic heterocycles. The summed E-state index contributed by atoms with van der Waals surface area (Å²) in [5.41, 5.74) is 0.641. The van der Waals surface area contributed by atoms with E-state index >= 15 is 0 Å². The van der Waals surface area contributed by atoms with Crippen LogP contribution < -0.4 is 5.32 Å². The van der Waals surface area contributed by atoms with E-state index in [0.29, 0.717) is 35.0 Å². The van der Waals surface area contributed by atoms with Crippen molar-refractivity contribution in [3.05, 3.63) is 29.3 Å². The molecule has 0 bridgehead atoms. The lowest BCUT2D eigenvalue weighted by atomic mass is 9.89. The second-order valence-corrected chi connectivity index (χ2v) is 8.67. The van der Waals surface area contributed by atoms with Crippen LogP contribution in [0.2, 0.25) is 5.02 Å². The molecule has 6 heteroatoms. The third kappa shape index (κ3) is 5.45. The first kappa shape index (κ1) is 20.2. The van der Waals surface area contributed by atoms with E-state index in [1.165, 1.54) is 6.42 Å². The summed E-state index contributed by atoms with van der Waals surface area (Å²) < 4.78 is 0. The van der Waals surface area contributed by atoms with E-state index in [1.807, 2.05) is 12.1 Å². The molecule has 148 valence electrons. The number of hydrogen-bond donors (Lipinski definition) is 1. The van der Waals surface area contributed by atoms with Crippen molar-refractivity contribution in [2.24, 2.45) is 17.8 Å². The van der Waals surface area contributed by atoms with E-state index in [4.69, 9.17) is 11.6 Å². The summed E-state index contributed by atoms with van der Waals surface area (Å²) in [6, 6.07) is 7.24. The Morgan fingerprint density at radius 1 is 1.11 bits per heavy atom. The Balaban J connectivity index is 1.45. The molecular weight excluding hydrogens is 362 g/mol. The lowest BCUT2D eigenvalue weighted by molar-refractivity contribution is -0.139. The summed E-state index contributed by atoms with van der Waals surface area (Å²) in [6.45, 7) is 8.15. The fourth-order valence-electron chi connectivity index (χ4n) is 4.39. The fourth-order valence-corrected chi connectivity index (χ4v) is 4.58. The molecule has 1 N–H and O–H groups in total. The first-order valence-electron chi connectivity index (χ1n) is 9.98. The van der Waals surface area contributed by atoms with Crippen LogP contribution >= 0.6 is 11.6 Å². The highest BCUT2D eigenvalue weighted by Gasteiger charge is 2.32. The van der Waals surface area contributed by atoms with Gasteiger partial charge in [-0.25, -0.2) is 0 Å². The number of nitrogens with one attached hydrogen (secondary N) is 1. The maximum Gasteiger partial charge on any atom is 0.238 e. The van der Waals surface area contributed by atoms with Gasteiger partial charge < -0.3 is 10.2 Å². The number of amides is 2. The molecule has 0 aliphatic carbocycles. The van der Waals surface area contributed by atoms with Crippen LogP contribution in [0.3, 0.4) is 0 Å². The molecule has 2 aliphatic heterocycles. The van der Waals surface area contributed by atoms with E-state index < -0.39 is 0 Å². The van der Waals surface area contributed by atoms with Gasteiger partial charge in [-0.05, 0) is 56.3 Å². The summed E-state index contributed by atoms with van der Waals surface area (Å²) in [6.07, 6.45) is 2.87. The van der Waals surface area contributed by atoms with Gasteiger partial charge >= 0.3 is 0 Å². The standard InChI is InChI=1S/C21H30ClN3O2/c1-15-11-16(2)13-25(12-15)21(27)17-7-9-24(10-8-17)14-20(26)23-19-6-4-3-5-18(19)22/h3-6,15-17H,7-14H2,1-2H3,(H,23,26). The number of benzene rings is 1. The number of rotatable bonds is 4. The van der Waals surface area contributed by atoms with Gasteiger partial charge in [0.05, 0.1) is 17.3 Å². The zero-order valence-corrected chi connectivity index (χ0v) is 17.0. The van der Waals surface area contributed by atoms with E-state index in [9.17, 15) is 9.59 Å². The normalized spacial score (nSPS) is 24.6. The Morgan fingerprint density at radius 3 is 2.37 bits per heavy atom. The quantitative estimate of drug-likeness (QED) is 0.854. The van der Waals surface area contributed by atoms with Gasteiger partial charge in [0.25, 0.3) is 0 Å². The second-order valence-electron chi connectivity index (χ2n) is 8.27. The van der Waals surface area contributed by atoms with Crippen LogP contribution in [-0.2, 0) is 9.59 Å². The molecule has 2 unspecified atom stereocenters. The lowest BCUT2D eigenvalue weighted by Crippen LogP contribution is -2.48. The van der Waals surface area contributed by atoms with E-state index in [1.54, 1.807) is 12.1 Å². The minimum absolute atomic E-state index is 0.0634. The maximum atomic E-state index is 12.9. The second kappa shape index (κ2) is 9.07. The molecule has 2 heterocycles. The number of piperidine rings is 2. The van der Waals surface area contributed by atoms with E-state index in [2.05, 4.69) is 29.0 Å². The molecule has 2 saturated heterocycles. The third-order valence-corrected chi connectivity index (χ3v) is 5.96. The van der Waals surface area contributed by atoms with Crippen molar-refractivity contribution in [2.75, 3.05) is 38.0 Å². The Hall–Kier alpha value is -1.59. The molecular formula is C21H30ClN3O2. The maximum absolute atomic E-state index is 12.9. The van der Waals surface area contributed by atoms with E-state index in [0.717, 1.165) is 39.0 Å². The molecule has 2 amide bonds. The highest BCUT2D eigenvalue weighted by Crippen LogP contribution is 2.26. The minimum Gasteiger partial charge on any atom is -0.342 e. The molecule has 2 aliphatic rings. The van der Waals surface area contributed by atoms with Crippen molar-refractivity contribution in [3.63, 3.8) is 0 Å². The van der Waals surface area contributed by atoms with Crippen molar-refractivity contribution >= 4 is 29.1 Å². The predicted octanol–water partition coefficient (Wildman–Crippen LogP) is 3.50. The number of carbonyl (C=O) groups is 2. The van der Waals surface area contributed by atoms with Gasteiger partial charge in [0.1, 0.15) is 0 Å². The molecule has 0 radical (unpaired) electrons. The molecule has 1 aromatic carbocycles. The zero-order valence-electron chi connectivity index (χ0n) is 16.3. The summed E-state index contributed by atoms with van der Waals surface area (Å²) in [4.78, 5) is 29.3. The van der Waals surface area contributed by atoms with Crippen LogP contribution in [-0.4, -0.2) is 54.3 Å². The predicted molar refractivity (Wildman–Crippen MR) is 109 cm³/mol. The Morgan fingerprint density at radius 2 is 1.74 bits per heavy atom. The van der Waals surface area contributed by atoms with Gasteiger partial charge in [-0.3, -0.25) is 14.5 Å². The molecule has 2 atom stereocenters. The van der Waals surface area contributed by atoms with Crippen LogP contribution in [0.5, 0.6) is 0 Å². The van der Waals surface area contributed by atoms with Gasteiger partial charge in [-0.15, -0.1) is 0 Å². The van der Waals surface area contributed by atoms with Gasteiger partial charge in [-0.2, -0.15) is 0 Å². The smallest absolute Gasteiger partial charge is 0.238 e. The van der Waals surface area contributed by atoms with Crippen LogP contribution in [0.1, 0.15) is 33.1 Å². The number of likely N-dealkylation sites (tertiary alicyclic amines) is 2. The molecule has 27 heavy (non-hydrogen) atoms. The number of carbonyl (C=O) groups excluding carboxylic acids is 2. The van der Waals surface area contributed by atoms with Crippen molar-refractivity contribution in [2.45, 2.75) is 33.1 Å². The topological polar surface area (TPSA) is 52.7 Å². The van der Waals surface area contributed by atoms with Gasteiger partial charge in [-0.1, -0.05) is 37.6 Å². The minimum atomic E-state index is -0.0634. The van der Waals surface area contributed by atoms with Gasteiger partial charge in [0.2, 0.25) is 11.8 Å². The summed E-state index contributed by atoms with van der Waals surface area (Å²) in [5, 5.41) is 3.41. The van der Waals surface area contributed by atoms with Crippen LogP contribution in [0.4, 0.5) is 5.69 Å². The summed E-state index contributed by atoms with van der Waals surface area (Å²) in [5.74, 6) is 1.53.